The van der Waals surface area contributed by atoms with Crippen molar-refractivity contribution in [2.45, 2.75) is 53.0 Å². The molecular formula is C16H25N3. The molecule has 0 fully saturated rings. The lowest BCUT2D eigenvalue weighted by atomic mass is 9.87. The Kier molecular flexibility index (Phi) is 3.21. The van der Waals surface area contributed by atoms with E-state index < -0.39 is 0 Å². The van der Waals surface area contributed by atoms with E-state index in [0.29, 0.717) is 0 Å². The zero-order chi connectivity index (χ0) is 14.4. The molecule has 3 heteroatoms. The molecular weight excluding hydrogens is 234 g/mol. The van der Waals surface area contributed by atoms with Gasteiger partial charge in [-0.2, -0.15) is 0 Å². The van der Waals surface area contributed by atoms with Gasteiger partial charge in [0.15, 0.2) is 0 Å². The van der Waals surface area contributed by atoms with Gasteiger partial charge in [0.05, 0.1) is 17.1 Å². The van der Waals surface area contributed by atoms with Crippen LogP contribution in [0.4, 0.5) is 0 Å². The maximum atomic E-state index is 6.27. The van der Waals surface area contributed by atoms with Crippen LogP contribution in [0.1, 0.15) is 59.0 Å². The van der Waals surface area contributed by atoms with Gasteiger partial charge in [0.2, 0.25) is 0 Å². The van der Waals surface area contributed by atoms with E-state index in [9.17, 15) is 0 Å². The number of hydrogen-bond donors (Lipinski definition) is 2. The number of H-pyrrole nitrogens is 1. The van der Waals surface area contributed by atoms with Crippen molar-refractivity contribution >= 4 is 11.0 Å². The molecule has 1 aromatic heterocycles. The van der Waals surface area contributed by atoms with Crippen LogP contribution >= 0.6 is 0 Å². The molecule has 0 radical (unpaired) electrons. The third kappa shape index (κ3) is 2.81. The van der Waals surface area contributed by atoms with Crippen molar-refractivity contribution in [1.82, 2.24) is 9.97 Å². The van der Waals surface area contributed by atoms with Crippen molar-refractivity contribution in [3.63, 3.8) is 0 Å². The largest absolute Gasteiger partial charge is 0.341 e. The molecule has 0 aliphatic carbocycles. The minimum atomic E-state index is -0.0852. The van der Waals surface area contributed by atoms with Gasteiger partial charge in [-0.25, -0.2) is 4.98 Å². The van der Waals surface area contributed by atoms with Crippen LogP contribution in [0.25, 0.3) is 11.0 Å². The van der Waals surface area contributed by atoms with Crippen molar-refractivity contribution in [3.05, 3.63) is 29.6 Å². The number of nitrogens with zero attached hydrogens (tertiary/aromatic N) is 1. The molecule has 0 spiro atoms. The molecule has 1 aromatic carbocycles. The Labute approximate surface area is 115 Å². The maximum absolute atomic E-state index is 6.27. The van der Waals surface area contributed by atoms with Gasteiger partial charge in [-0.1, -0.05) is 47.6 Å². The van der Waals surface area contributed by atoms with E-state index >= 15 is 0 Å². The fourth-order valence-electron chi connectivity index (χ4n) is 2.05. The molecule has 0 saturated heterocycles. The van der Waals surface area contributed by atoms with E-state index in [1.54, 1.807) is 0 Å². The number of nitrogens with two attached hydrogens (primary N) is 1. The highest BCUT2D eigenvalue weighted by atomic mass is 15.0. The molecule has 0 saturated carbocycles. The molecule has 1 heterocycles. The molecule has 2 rings (SSSR count). The second-order valence-electron chi connectivity index (χ2n) is 7.45. The fourth-order valence-corrected chi connectivity index (χ4v) is 2.05. The lowest BCUT2D eigenvalue weighted by molar-refractivity contribution is 0.317. The van der Waals surface area contributed by atoms with Crippen molar-refractivity contribution in [1.29, 1.82) is 0 Å². The van der Waals surface area contributed by atoms with Gasteiger partial charge >= 0.3 is 0 Å². The number of nitrogens with one attached hydrogen (secondary N) is 1. The van der Waals surface area contributed by atoms with E-state index in [-0.39, 0.29) is 16.9 Å². The van der Waals surface area contributed by atoms with Crippen LogP contribution in [0.3, 0.4) is 0 Å². The molecule has 2 aromatic rings. The summed E-state index contributed by atoms with van der Waals surface area (Å²) in [6.45, 7) is 13.0. The molecule has 0 amide bonds. The van der Waals surface area contributed by atoms with Crippen LogP contribution in [-0.2, 0) is 5.41 Å². The Morgan fingerprint density at radius 2 is 1.74 bits per heavy atom. The van der Waals surface area contributed by atoms with Crippen LogP contribution < -0.4 is 5.73 Å². The number of fused-ring (bicyclic) bond motifs is 1. The van der Waals surface area contributed by atoms with Gasteiger partial charge in [-0.05, 0) is 28.5 Å². The van der Waals surface area contributed by atoms with Gasteiger partial charge in [0.1, 0.15) is 5.82 Å². The van der Waals surface area contributed by atoms with Crippen LogP contribution in [-0.4, -0.2) is 9.97 Å². The number of hydrogen-bond acceptors (Lipinski definition) is 2. The maximum Gasteiger partial charge on any atom is 0.124 e. The molecule has 19 heavy (non-hydrogen) atoms. The summed E-state index contributed by atoms with van der Waals surface area (Å²) in [4.78, 5) is 8.00. The zero-order valence-electron chi connectivity index (χ0n) is 12.8. The summed E-state index contributed by atoms with van der Waals surface area (Å²) >= 11 is 0. The minimum Gasteiger partial charge on any atom is -0.341 e. The third-order valence-corrected chi connectivity index (χ3v) is 3.59. The van der Waals surface area contributed by atoms with Crippen LogP contribution in [0.5, 0.6) is 0 Å². The highest BCUT2D eigenvalue weighted by molar-refractivity contribution is 5.76. The zero-order valence-corrected chi connectivity index (χ0v) is 12.8. The monoisotopic (exact) mass is 259 g/mol. The molecule has 0 aliphatic heterocycles. The number of rotatable bonds is 1. The lowest BCUT2D eigenvalue weighted by Gasteiger charge is -2.24. The summed E-state index contributed by atoms with van der Waals surface area (Å²) in [5.41, 5.74) is 9.78. The standard InChI is InChI=1S/C16H25N3/c1-15(2,3)10-7-8-11-12(9-10)19-14(18-11)13(17)16(4,5)6/h7-9,13H,17H2,1-6H3,(H,18,19)/t13-/m1/s1. The molecule has 3 N–H and O–H groups in total. The van der Waals surface area contributed by atoms with Gasteiger partial charge in [0.25, 0.3) is 0 Å². The molecule has 0 unspecified atom stereocenters. The fraction of sp³-hybridized carbons (Fsp3) is 0.562. The van der Waals surface area contributed by atoms with Crippen molar-refractivity contribution in [3.8, 4) is 0 Å². The van der Waals surface area contributed by atoms with E-state index in [0.717, 1.165) is 16.9 Å². The SMILES string of the molecule is CC(C)(C)c1ccc2nc([C@@H](N)C(C)(C)C)[nH]c2c1. The molecule has 0 aliphatic rings. The predicted octanol–water partition coefficient (Wildman–Crippen LogP) is 3.91. The van der Waals surface area contributed by atoms with Gasteiger partial charge < -0.3 is 10.7 Å². The van der Waals surface area contributed by atoms with Gasteiger partial charge in [-0.3, -0.25) is 0 Å². The summed E-state index contributed by atoms with van der Waals surface area (Å²) in [5.74, 6) is 0.869. The number of aromatic nitrogens is 2. The van der Waals surface area contributed by atoms with Crippen LogP contribution in [0.2, 0.25) is 0 Å². The highest BCUT2D eigenvalue weighted by Crippen LogP contribution is 2.31. The van der Waals surface area contributed by atoms with Crippen LogP contribution in [0.15, 0.2) is 18.2 Å². The first-order valence-electron chi connectivity index (χ1n) is 6.85. The summed E-state index contributed by atoms with van der Waals surface area (Å²) in [5, 5.41) is 0. The van der Waals surface area contributed by atoms with Gasteiger partial charge in [0, 0.05) is 0 Å². The van der Waals surface area contributed by atoms with E-state index in [1.165, 1.54) is 5.56 Å². The van der Waals surface area contributed by atoms with Crippen molar-refractivity contribution in [2.24, 2.45) is 11.1 Å². The first kappa shape index (κ1) is 14.1. The first-order valence-corrected chi connectivity index (χ1v) is 6.85. The van der Waals surface area contributed by atoms with E-state index in [1.807, 2.05) is 0 Å². The first-order chi connectivity index (χ1) is 8.59. The summed E-state index contributed by atoms with van der Waals surface area (Å²) in [7, 11) is 0. The minimum absolute atomic E-state index is 0.000728. The molecule has 3 nitrogen and oxygen atoms in total. The van der Waals surface area contributed by atoms with Gasteiger partial charge in [-0.15, -0.1) is 0 Å². The Bertz CT molecular complexity index is 582. The number of benzene rings is 1. The quantitative estimate of drug-likeness (QED) is 0.816. The second-order valence-corrected chi connectivity index (χ2v) is 7.45. The van der Waals surface area contributed by atoms with E-state index in [4.69, 9.17) is 5.73 Å². The van der Waals surface area contributed by atoms with Crippen molar-refractivity contribution < 1.29 is 0 Å². The lowest BCUT2D eigenvalue weighted by Crippen LogP contribution is -2.27. The Balaban J connectivity index is 2.47. The molecule has 0 bridgehead atoms. The normalized spacial score (nSPS) is 14.9. The Hall–Kier alpha value is -1.35. The van der Waals surface area contributed by atoms with E-state index in [2.05, 4.69) is 69.7 Å². The number of imidazole rings is 1. The average molecular weight is 259 g/mol. The summed E-state index contributed by atoms with van der Waals surface area (Å²) < 4.78 is 0. The second kappa shape index (κ2) is 4.34. The summed E-state index contributed by atoms with van der Waals surface area (Å²) in [6, 6.07) is 6.32. The van der Waals surface area contributed by atoms with Crippen LogP contribution in [0, 0.1) is 5.41 Å². The summed E-state index contributed by atoms with van der Waals surface area (Å²) in [6.07, 6.45) is 0. The third-order valence-electron chi connectivity index (χ3n) is 3.59. The predicted molar refractivity (Wildman–Crippen MR) is 81.2 cm³/mol. The topological polar surface area (TPSA) is 54.7 Å². The number of aromatic amines is 1. The smallest absolute Gasteiger partial charge is 0.124 e. The molecule has 1 atom stereocenters. The van der Waals surface area contributed by atoms with Crippen molar-refractivity contribution in [2.75, 3.05) is 0 Å². The highest BCUT2D eigenvalue weighted by Gasteiger charge is 2.25. The Morgan fingerprint density at radius 3 is 2.26 bits per heavy atom. The average Bonchev–Trinajstić information content (AvgIpc) is 2.67. The Morgan fingerprint density at radius 1 is 1.11 bits per heavy atom. The molecule has 104 valence electrons.